The van der Waals surface area contributed by atoms with Crippen LogP contribution >= 0.6 is 0 Å². The highest BCUT2D eigenvalue weighted by atomic mass is 19.1. The van der Waals surface area contributed by atoms with E-state index in [4.69, 9.17) is 0 Å². The van der Waals surface area contributed by atoms with Crippen molar-refractivity contribution in [3.05, 3.63) is 78.6 Å². The quantitative estimate of drug-likeness (QED) is 0.610. The van der Waals surface area contributed by atoms with Crippen LogP contribution in [-0.4, -0.2) is 19.7 Å². The highest BCUT2D eigenvalue weighted by Crippen LogP contribution is 2.27. The van der Waals surface area contributed by atoms with E-state index < -0.39 is 0 Å². The molecule has 0 spiro atoms. The van der Waals surface area contributed by atoms with Crippen LogP contribution in [0.3, 0.4) is 0 Å². The van der Waals surface area contributed by atoms with Crippen LogP contribution in [-0.2, 0) is 0 Å². The van der Waals surface area contributed by atoms with Crippen LogP contribution in [0.1, 0.15) is 18.5 Å². The molecule has 0 aliphatic carbocycles. The zero-order chi connectivity index (χ0) is 17.2. The molecule has 4 rings (SSSR count). The molecule has 0 bridgehead atoms. The number of hydrogen-bond donors (Lipinski definition) is 1. The van der Waals surface area contributed by atoms with Gasteiger partial charge in [0, 0.05) is 17.8 Å². The van der Waals surface area contributed by atoms with Crippen molar-refractivity contribution < 1.29 is 4.39 Å². The van der Waals surface area contributed by atoms with Crippen molar-refractivity contribution in [2.75, 3.05) is 5.32 Å². The Morgan fingerprint density at radius 2 is 1.96 bits per heavy atom. The number of fused-ring (bicyclic) bond motifs is 1. The predicted molar refractivity (Wildman–Crippen MR) is 95.1 cm³/mol. The molecule has 25 heavy (non-hydrogen) atoms. The van der Waals surface area contributed by atoms with Crippen molar-refractivity contribution in [1.29, 1.82) is 0 Å². The van der Waals surface area contributed by atoms with E-state index in [0.29, 0.717) is 16.7 Å². The Bertz CT molecular complexity index is 1010. The molecule has 0 amide bonds. The number of aromatic nitrogens is 4. The lowest BCUT2D eigenvalue weighted by molar-refractivity contribution is 0.629. The Kier molecular flexibility index (Phi) is 3.85. The number of para-hydroxylation sites is 1. The lowest BCUT2D eigenvalue weighted by Gasteiger charge is -2.19. The highest BCUT2D eigenvalue weighted by molar-refractivity contribution is 5.88. The lowest BCUT2D eigenvalue weighted by atomic mass is 10.1. The summed E-state index contributed by atoms with van der Waals surface area (Å²) < 4.78 is 15.5. The molecule has 4 aromatic rings. The molecule has 1 unspecified atom stereocenters. The highest BCUT2D eigenvalue weighted by Gasteiger charge is 2.14. The van der Waals surface area contributed by atoms with Gasteiger partial charge in [-0.2, -0.15) is 5.10 Å². The van der Waals surface area contributed by atoms with E-state index in [0.717, 1.165) is 11.3 Å². The molecule has 0 aliphatic rings. The third-order valence-corrected chi connectivity index (χ3v) is 4.11. The van der Waals surface area contributed by atoms with Gasteiger partial charge in [-0.15, -0.1) is 0 Å². The monoisotopic (exact) mass is 333 g/mol. The molecule has 0 fully saturated rings. The van der Waals surface area contributed by atoms with Crippen molar-refractivity contribution in [2.24, 2.45) is 0 Å². The van der Waals surface area contributed by atoms with E-state index in [1.54, 1.807) is 12.3 Å². The molecule has 1 N–H and O–H groups in total. The molecule has 2 heterocycles. The van der Waals surface area contributed by atoms with E-state index in [1.165, 1.54) is 18.5 Å². The van der Waals surface area contributed by atoms with Gasteiger partial charge in [0.15, 0.2) is 0 Å². The van der Waals surface area contributed by atoms with Crippen LogP contribution in [0.4, 0.5) is 10.2 Å². The maximum atomic E-state index is 13.6. The van der Waals surface area contributed by atoms with Crippen LogP contribution in [0.5, 0.6) is 0 Å². The first-order chi connectivity index (χ1) is 12.2. The van der Waals surface area contributed by atoms with Crippen molar-refractivity contribution in [1.82, 2.24) is 19.7 Å². The van der Waals surface area contributed by atoms with Crippen molar-refractivity contribution in [2.45, 2.75) is 13.0 Å². The van der Waals surface area contributed by atoms with Crippen molar-refractivity contribution in [3.8, 4) is 5.69 Å². The molecule has 0 saturated heterocycles. The number of nitrogens with one attached hydrogen (secondary N) is 1. The average molecular weight is 333 g/mol. The lowest BCUT2D eigenvalue weighted by Crippen LogP contribution is -2.12. The average Bonchev–Trinajstić information content (AvgIpc) is 3.17. The molecular weight excluding hydrogens is 317 g/mol. The summed E-state index contributed by atoms with van der Waals surface area (Å²) in [5, 5.41) is 8.34. The predicted octanol–water partition coefficient (Wildman–Crippen LogP) is 4.13. The number of rotatable bonds is 4. The zero-order valence-electron chi connectivity index (χ0n) is 13.6. The number of anilines is 1. The molecule has 0 saturated carbocycles. The summed E-state index contributed by atoms with van der Waals surface area (Å²) in [5.41, 5.74) is 2.75. The minimum absolute atomic E-state index is 0.0539. The molecule has 124 valence electrons. The van der Waals surface area contributed by atoms with Crippen LogP contribution in [0, 0.1) is 5.82 Å². The van der Waals surface area contributed by atoms with Crippen LogP contribution in [0.2, 0.25) is 0 Å². The first-order valence-corrected chi connectivity index (χ1v) is 7.98. The first-order valence-electron chi connectivity index (χ1n) is 7.98. The Balaban J connectivity index is 1.72. The minimum Gasteiger partial charge on any atom is -0.363 e. The Hall–Kier alpha value is -3.28. The fourth-order valence-corrected chi connectivity index (χ4v) is 2.90. The van der Waals surface area contributed by atoms with Gasteiger partial charge in [0.05, 0.1) is 17.2 Å². The molecule has 2 aromatic heterocycles. The summed E-state index contributed by atoms with van der Waals surface area (Å²) in [6.45, 7) is 2.04. The number of hydrogen-bond acceptors (Lipinski definition) is 4. The standard InChI is InChI=1S/C19H16FN5/c1-13(15-5-2-3-6-18(15)25-10-4-9-23-25)24-19-16-11-14(20)7-8-17(16)21-12-22-19/h2-13H,1H3,(H,21,22,24). The van der Waals surface area contributed by atoms with Gasteiger partial charge < -0.3 is 5.32 Å². The fraction of sp³-hybridized carbons (Fsp3) is 0.105. The van der Waals surface area contributed by atoms with Crippen molar-refractivity contribution >= 4 is 16.7 Å². The Labute approximate surface area is 144 Å². The maximum Gasteiger partial charge on any atom is 0.137 e. The Morgan fingerprint density at radius 1 is 1.08 bits per heavy atom. The first kappa shape index (κ1) is 15.3. The third-order valence-electron chi connectivity index (χ3n) is 4.11. The molecule has 0 aliphatic heterocycles. The second-order valence-corrected chi connectivity index (χ2v) is 5.76. The van der Waals surface area contributed by atoms with Gasteiger partial charge in [-0.3, -0.25) is 0 Å². The summed E-state index contributed by atoms with van der Waals surface area (Å²) in [5.74, 6) is 0.294. The smallest absolute Gasteiger partial charge is 0.137 e. The Morgan fingerprint density at radius 3 is 2.80 bits per heavy atom. The number of benzene rings is 2. The van der Waals surface area contributed by atoms with E-state index in [-0.39, 0.29) is 11.9 Å². The summed E-state index contributed by atoms with van der Waals surface area (Å²) in [6.07, 6.45) is 5.13. The zero-order valence-corrected chi connectivity index (χ0v) is 13.6. The van der Waals surface area contributed by atoms with Crippen LogP contribution < -0.4 is 5.32 Å². The molecule has 1 atom stereocenters. The van der Waals surface area contributed by atoms with Gasteiger partial charge in [-0.05, 0) is 42.8 Å². The van der Waals surface area contributed by atoms with Crippen LogP contribution in [0.25, 0.3) is 16.6 Å². The topological polar surface area (TPSA) is 55.6 Å². The largest absolute Gasteiger partial charge is 0.363 e. The summed E-state index contributed by atoms with van der Waals surface area (Å²) in [7, 11) is 0. The minimum atomic E-state index is -0.310. The SMILES string of the molecule is CC(Nc1ncnc2ccc(F)cc12)c1ccccc1-n1cccn1. The maximum absolute atomic E-state index is 13.6. The summed E-state index contributed by atoms with van der Waals surface area (Å²) in [4.78, 5) is 8.48. The second-order valence-electron chi connectivity index (χ2n) is 5.76. The van der Waals surface area contributed by atoms with E-state index >= 15 is 0 Å². The van der Waals surface area contributed by atoms with Gasteiger partial charge >= 0.3 is 0 Å². The fourth-order valence-electron chi connectivity index (χ4n) is 2.90. The third kappa shape index (κ3) is 2.94. The summed E-state index contributed by atoms with van der Waals surface area (Å²) in [6, 6.07) is 14.3. The summed E-state index contributed by atoms with van der Waals surface area (Å²) >= 11 is 0. The van der Waals surface area contributed by atoms with E-state index in [2.05, 4.69) is 20.4 Å². The van der Waals surface area contributed by atoms with E-state index in [9.17, 15) is 4.39 Å². The van der Waals surface area contributed by atoms with Crippen molar-refractivity contribution in [3.63, 3.8) is 0 Å². The van der Waals surface area contributed by atoms with Gasteiger partial charge in [-0.1, -0.05) is 18.2 Å². The molecule has 2 aromatic carbocycles. The van der Waals surface area contributed by atoms with Crippen LogP contribution in [0.15, 0.2) is 67.3 Å². The molecular formula is C19H16FN5. The number of halogens is 1. The van der Waals surface area contributed by atoms with Gasteiger partial charge in [0.1, 0.15) is 18.0 Å². The second kappa shape index (κ2) is 6.32. The molecule has 0 radical (unpaired) electrons. The normalized spacial score (nSPS) is 12.2. The molecule has 6 heteroatoms. The van der Waals surface area contributed by atoms with Gasteiger partial charge in [0.2, 0.25) is 0 Å². The van der Waals surface area contributed by atoms with Gasteiger partial charge in [-0.25, -0.2) is 19.0 Å². The molecule has 5 nitrogen and oxygen atoms in total. The van der Waals surface area contributed by atoms with Gasteiger partial charge in [0.25, 0.3) is 0 Å². The van der Waals surface area contributed by atoms with E-state index in [1.807, 2.05) is 48.1 Å². The number of nitrogens with zero attached hydrogens (tertiary/aromatic N) is 4.